The number of ether oxygens (including phenoxy) is 1. The summed E-state index contributed by atoms with van der Waals surface area (Å²) in [7, 11) is 0. The van der Waals surface area contributed by atoms with E-state index in [2.05, 4.69) is 27.3 Å². The molecule has 1 fully saturated rings. The number of unbranched alkanes of at least 4 members (excludes halogenated alkanes) is 1. The SMILES string of the molecule is CCNC(=NCCCCOCCc1ccccc1)N1CCN(C(C)C(F)(F)F)CC1.I. The Morgan fingerprint density at radius 3 is 2.39 bits per heavy atom. The Bertz CT molecular complexity index is 623. The molecule has 1 saturated heterocycles. The third-order valence-corrected chi connectivity index (χ3v) is 5.31. The molecule has 0 amide bonds. The Morgan fingerprint density at radius 2 is 1.77 bits per heavy atom. The van der Waals surface area contributed by atoms with Gasteiger partial charge in [0.1, 0.15) is 6.04 Å². The number of halogens is 4. The third kappa shape index (κ3) is 10.4. The maximum atomic E-state index is 12.9. The second kappa shape index (κ2) is 14.9. The highest BCUT2D eigenvalue weighted by Gasteiger charge is 2.41. The van der Waals surface area contributed by atoms with Gasteiger partial charge in [0.2, 0.25) is 0 Å². The molecule has 1 heterocycles. The number of nitrogens with one attached hydrogen (secondary N) is 1. The van der Waals surface area contributed by atoms with Crippen molar-refractivity contribution in [3.63, 3.8) is 0 Å². The van der Waals surface area contributed by atoms with Crippen LogP contribution in [0.25, 0.3) is 0 Å². The molecule has 0 aliphatic carbocycles. The van der Waals surface area contributed by atoms with Crippen molar-refractivity contribution < 1.29 is 17.9 Å². The summed E-state index contributed by atoms with van der Waals surface area (Å²) in [6, 6.07) is 8.88. The van der Waals surface area contributed by atoms with E-state index >= 15 is 0 Å². The van der Waals surface area contributed by atoms with Crippen LogP contribution < -0.4 is 5.32 Å². The van der Waals surface area contributed by atoms with Gasteiger partial charge in [0, 0.05) is 45.9 Å². The number of guanidine groups is 1. The largest absolute Gasteiger partial charge is 0.403 e. The van der Waals surface area contributed by atoms with Crippen LogP contribution in [-0.2, 0) is 11.2 Å². The lowest BCUT2D eigenvalue weighted by molar-refractivity contribution is -0.181. The van der Waals surface area contributed by atoms with E-state index in [0.29, 0.717) is 39.3 Å². The second-order valence-corrected chi connectivity index (χ2v) is 7.53. The molecule has 0 radical (unpaired) electrons. The van der Waals surface area contributed by atoms with Gasteiger partial charge in [-0.05, 0) is 38.7 Å². The molecule has 1 aromatic rings. The Morgan fingerprint density at radius 1 is 1.10 bits per heavy atom. The molecule has 1 aromatic carbocycles. The lowest BCUT2D eigenvalue weighted by Crippen LogP contribution is -2.56. The molecule has 0 bridgehead atoms. The minimum absolute atomic E-state index is 0. The van der Waals surface area contributed by atoms with Crippen LogP contribution >= 0.6 is 24.0 Å². The number of piperazine rings is 1. The van der Waals surface area contributed by atoms with Crippen LogP contribution in [-0.4, -0.2) is 80.5 Å². The topological polar surface area (TPSA) is 40.1 Å². The van der Waals surface area contributed by atoms with Gasteiger partial charge >= 0.3 is 6.18 Å². The number of rotatable bonds is 10. The molecule has 0 spiro atoms. The van der Waals surface area contributed by atoms with Crippen molar-refractivity contribution in [1.29, 1.82) is 0 Å². The van der Waals surface area contributed by atoms with Gasteiger partial charge < -0.3 is 15.0 Å². The van der Waals surface area contributed by atoms with E-state index in [1.165, 1.54) is 17.4 Å². The van der Waals surface area contributed by atoms with Crippen molar-refractivity contribution in [2.75, 3.05) is 52.5 Å². The zero-order valence-corrected chi connectivity index (χ0v) is 20.9. The summed E-state index contributed by atoms with van der Waals surface area (Å²) in [5.41, 5.74) is 1.28. The molecule has 1 atom stereocenters. The van der Waals surface area contributed by atoms with Crippen LogP contribution in [0.4, 0.5) is 13.2 Å². The predicted octanol–water partition coefficient (Wildman–Crippen LogP) is 4.18. The number of hydrogen-bond donors (Lipinski definition) is 1. The van der Waals surface area contributed by atoms with Crippen molar-refractivity contribution >= 4 is 29.9 Å². The molecule has 1 N–H and O–H groups in total. The smallest absolute Gasteiger partial charge is 0.381 e. The van der Waals surface area contributed by atoms with Crippen LogP contribution in [0.2, 0.25) is 0 Å². The van der Waals surface area contributed by atoms with Gasteiger partial charge in [-0.1, -0.05) is 30.3 Å². The van der Waals surface area contributed by atoms with E-state index in [1.807, 2.05) is 25.1 Å². The summed E-state index contributed by atoms with van der Waals surface area (Å²) in [4.78, 5) is 8.20. The Kier molecular flexibility index (Phi) is 13.4. The number of benzene rings is 1. The summed E-state index contributed by atoms with van der Waals surface area (Å²) in [5.74, 6) is 0.793. The van der Waals surface area contributed by atoms with E-state index in [1.54, 1.807) is 0 Å². The summed E-state index contributed by atoms with van der Waals surface area (Å²) >= 11 is 0. The minimum Gasteiger partial charge on any atom is -0.381 e. The highest BCUT2D eigenvalue weighted by Crippen LogP contribution is 2.25. The van der Waals surface area contributed by atoms with Crippen LogP contribution in [0.3, 0.4) is 0 Å². The predicted molar refractivity (Wildman–Crippen MR) is 130 cm³/mol. The number of nitrogens with zero attached hydrogens (tertiary/aromatic N) is 3. The molecule has 9 heteroatoms. The standard InChI is InChI=1S/C22H35F3N4O.HI/c1-3-26-21(29-15-13-28(14-16-29)19(2)22(23,24)25)27-12-7-8-17-30-18-11-20-9-5-4-6-10-20;/h4-6,9-10,19H,3,7-8,11-18H2,1-2H3,(H,26,27);1H. The molecule has 0 aromatic heterocycles. The first-order chi connectivity index (χ1) is 14.4. The molecule has 1 aliphatic rings. The first-order valence-electron chi connectivity index (χ1n) is 10.9. The third-order valence-electron chi connectivity index (χ3n) is 5.31. The van der Waals surface area contributed by atoms with Crippen molar-refractivity contribution in [2.24, 2.45) is 4.99 Å². The fourth-order valence-corrected chi connectivity index (χ4v) is 3.39. The van der Waals surface area contributed by atoms with Crippen LogP contribution in [0.1, 0.15) is 32.3 Å². The molecule has 178 valence electrons. The summed E-state index contributed by atoms with van der Waals surface area (Å²) in [6.45, 7) is 7.97. The van der Waals surface area contributed by atoms with Gasteiger partial charge in [0.15, 0.2) is 5.96 Å². The fourth-order valence-electron chi connectivity index (χ4n) is 3.39. The highest BCUT2D eigenvalue weighted by atomic mass is 127. The van der Waals surface area contributed by atoms with Gasteiger partial charge in [-0.25, -0.2) is 0 Å². The average Bonchev–Trinajstić information content (AvgIpc) is 2.74. The zero-order valence-electron chi connectivity index (χ0n) is 18.5. The Hall–Kier alpha value is -1.07. The summed E-state index contributed by atoms with van der Waals surface area (Å²) in [5, 5.41) is 3.26. The molecule has 0 saturated carbocycles. The van der Waals surface area contributed by atoms with Crippen molar-refractivity contribution in [3.8, 4) is 0 Å². The number of aliphatic imine (C=N–C) groups is 1. The van der Waals surface area contributed by atoms with Crippen molar-refractivity contribution in [1.82, 2.24) is 15.1 Å². The van der Waals surface area contributed by atoms with Gasteiger partial charge in [-0.2, -0.15) is 13.2 Å². The van der Waals surface area contributed by atoms with E-state index in [9.17, 15) is 13.2 Å². The average molecular weight is 556 g/mol. The van der Waals surface area contributed by atoms with E-state index in [-0.39, 0.29) is 24.0 Å². The lowest BCUT2D eigenvalue weighted by atomic mass is 10.2. The van der Waals surface area contributed by atoms with Gasteiger partial charge in [-0.3, -0.25) is 9.89 Å². The van der Waals surface area contributed by atoms with Crippen LogP contribution in [0.15, 0.2) is 35.3 Å². The minimum atomic E-state index is -4.18. The maximum absolute atomic E-state index is 12.9. The molecule has 1 aliphatic heterocycles. The van der Waals surface area contributed by atoms with Gasteiger partial charge in [0.25, 0.3) is 0 Å². The summed E-state index contributed by atoms with van der Waals surface area (Å²) in [6.07, 6.45) is -1.40. The van der Waals surface area contributed by atoms with Crippen molar-refractivity contribution in [3.05, 3.63) is 35.9 Å². The number of hydrogen-bond acceptors (Lipinski definition) is 3. The van der Waals surface area contributed by atoms with Gasteiger partial charge in [0.05, 0.1) is 6.61 Å². The van der Waals surface area contributed by atoms with Crippen molar-refractivity contribution in [2.45, 2.75) is 45.3 Å². The molecular weight excluding hydrogens is 520 g/mol. The second-order valence-electron chi connectivity index (χ2n) is 7.53. The van der Waals surface area contributed by atoms with E-state index in [4.69, 9.17) is 4.74 Å². The fraction of sp³-hybridized carbons (Fsp3) is 0.682. The van der Waals surface area contributed by atoms with Crippen LogP contribution in [0.5, 0.6) is 0 Å². The van der Waals surface area contributed by atoms with E-state index < -0.39 is 12.2 Å². The first-order valence-corrected chi connectivity index (χ1v) is 10.9. The molecule has 5 nitrogen and oxygen atoms in total. The van der Waals surface area contributed by atoms with Gasteiger partial charge in [-0.15, -0.1) is 24.0 Å². The molecular formula is C22H36F3IN4O. The highest BCUT2D eigenvalue weighted by molar-refractivity contribution is 14.0. The maximum Gasteiger partial charge on any atom is 0.403 e. The first kappa shape index (κ1) is 28.0. The molecule has 1 unspecified atom stereocenters. The Labute approximate surface area is 201 Å². The quantitative estimate of drug-likeness (QED) is 0.203. The Balaban J connectivity index is 0.00000480. The normalized spacial score (nSPS) is 16.7. The zero-order chi connectivity index (χ0) is 21.8. The summed E-state index contributed by atoms with van der Waals surface area (Å²) < 4.78 is 44.4. The molecule has 31 heavy (non-hydrogen) atoms. The van der Waals surface area contributed by atoms with Crippen LogP contribution in [0, 0.1) is 0 Å². The van der Waals surface area contributed by atoms with E-state index in [0.717, 1.165) is 38.4 Å². The number of alkyl halides is 3. The monoisotopic (exact) mass is 556 g/mol. The lowest BCUT2D eigenvalue weighted by Gasteiger charge is -2.39. The molecule has 2 rings (SSSR count).